The van der Waals surface area contributed by atoms with E-state index in [0.29, 0.717) is 6.42 Å². The molecule has 0 fully saturated rings. The zero-order valence-corrected chi connectivity index (χ0v) is 15.2. The number of nitrogens with zero attached hydrogens (tertiary/aromatic N) is 2. The second-order valence-corrected chi connectivity index (χ2v) is 6.79. The third-order valence-corrected chi connectivity index (χ3v) is 5.31. The van der Waals surface area contributed by atoms with E-state index in [4.69, 9.17) is 4.84 Å². The van der Waals surface area contributed by atoms with E-state index < -0.39 is 0 Å². The fraction of sp³-hybridized carbons (Fsp3) is 0.130. The molecule has 5 rings (SSSR count). The molecule has 0 N–H and O–H groups in total. The fourth-order valence-corrected chi connectivity index (χ4v) is 3.95. The summed E-state index contributed by atoms with van der Waals surface area (Å²) in [6.45, 7) is 1.76. The molecule has 3 aromatic carbocycles. The van der Waals surface area contributed by atoms with Gasteiger partial charge in [-0.1, -0.05) is 54.5 Å². The van der Waals surface area contributed by atoms with Gasteiger partial charge in [0.25, 0.3) is 0 Å². The lowest BCUT2D eigenvalue weighted by atomic mass is 10.0. The highest BCUT2D eigenvalue weighted by Crippen LogP contribution is 2.41. The Morgan fingerprint density at radius 3 is 2.44 bits per heavy atom. The maximum absolute atomic E-state index is 11.6. The van der Waals surface area contributed by atoms with Gasteiger partial charge in [-0.15, -0.1) is 0 Å². The van der Waals surface area contributed by atoms with Crippen LogP contribution in [0.1, 0.15) is 24.5 Å². The Balaban J connectivity index is 1.82. The normalized spacial score (nSPS) is 13.9. The number of hydrogen-bond acceptors (Lipinski definition) is 3. The Hall–Kier alpha value is -3.40. The van der Waals surface area contributed by atoms with Crippen molar-refractivity contribution >= 4 is 33.5 Å². The quantitative estimate of drug-likeness (QED) is 0.330. The molecule has 0 aliphatic heterocycles. The summed E-state index contributed by atoms with van der Waals surface area (Å²) in [5.41, 5.74) is 7.29. The van der Waals surface area contributed by atoms with Gasteiger partial charge >= 0.3 is 5.97 Å². The lowest BCUT2D eigenvalue weighted by Crippen LogP contribution is -2.04. The van der Waals surface area contributed by atoms with Gasteiger partial charge < -0.3 is 9.40 Å². The third kappa shape index (κ3) is 2.23. The van der Waals surface area contributed by atoms with E-state index >= 15 is 0 Å². The summed E-state index contributed by atoms with van der Waals surface area (Å²) in [6.07, 6.45) is 0.299. The van der Waals surface area contributed by atoms with Crippen molar-refractivity contribution in [2.45, 2.75) is 13.3 Å². The van der Waals surface area contributed by atoms with E-state index in [0.717, 1.165) is 33.5 Å². The predicted octanol–water partition coefficient (Wildman–Crippen LogP) is 5.02. The van der Waals surface area contributed by atoms with Gasteiger partial charge in [0.15, 0.2) is 0 Å². The van der Waals surface area contributed by atoms with Gasteiger partial charge in [-0.25, -0.2) is 4.79 Å². The van der Waals surface area contributed by atoms with Gasteiger partial charge in [-0.05, 0) is 29.3 Å². The summed E-state index contributed by atoms with van der Waals surface area (Å²) in [5.74, 6) is -0.334. The molecule has 1 heterocycles. The van der Waals surface area contributed by atoms with Gasteiger partial charge in [0, 0.05) is 46.4 Å². The minimum atomic E-state index is -0.334. The maximum atomic E-state index is 11.6. The first-order chi connectivity index (χ1) is 13.2. The van der Waals surface area contributed by atoms with E-state index in [-0.39, 0.29) is 5.97 Å². The molecule has 0 unspecified atom stereocenters. The Labute approximate surface area is 156 Å². The van der Waals surface area contributed by atoms with Gasteiger partial charge in [0.2, 0.25) is 0 Å². The number of aryl methyl sites for hydroxylation is 1. The number of oxime groups is 1. The van der Waals surface area contributed by atoms with Crippen molar-refractivity contribution in [2.75, 3.05) is 0 Å². The fourth-order valence-electron chi connectivity index (χ4n) is 3.95. The van der Waals surface area contributed by atoms with Crippen molar-refractivity contribution < 1.29 is 9.63 Å². The van der Waals surface area contributed by atoms with Crippen LogP contribution in [0.25, 0.3) is 32.9 Å². The number of hydrogen-bond donors (Lipinski definition) is 0. The van der Waals surface area contributed by atoms with Crippen LogP contribution < -0.4 is 0 Å². The number of aromatic nitrogens is 1. The largest absolute Gasteiger partial charge is 0.344 e. The van der Waals surface area contributed by atoms with Crippen LogP contribution in [-0.2, 0) is 16.7 Å². The Morgan fingerprint density at radius 2 is 1.63 bits per heavy atom. The van der Waals surface area contributed by atoms with Crippen LogP contribution in [0, 0.1) is 0 Å². The van der Waals surface area contributed by atoms with Crippen LogP contribution in [0.2, 0.25) is 0 Å². The molecule has 1 aliphatic rings. The molecule has 132 valence electrons. The zero-order chi connectivity index (χ0) is 18.5. The second kappa shape index (κ2) is 5.81. The number of benzene rings is 3. The van der Waals surface area contributed by atoms with Crippen LogP contribution >= 0.6 is 0 Å². The van der Waals surface area contributed by atoms with Crippen molar-refractivity contribution in [3.63, 3.8) is 0 Å². The van der Waals surface area contributed by atoms with Crippen LogP contribution in [0.5, 0.6) is 0 Å². The van der Waals surface area contributed by atoms with Gasteiger partial charge in [0.1, 0.15) is 5.71 Å². The summed E-state index contributed by atoms with van der Waals surface area (Å²) in [7, 11) is 2.08. The molecule has 0 radical (unpaired) electrons. The molecular weight excluding hydrogens is 336 g/mol. The standard InChI is InChI=1S/C23H18N2O2/c1-3-22(26)27-24-23-16-10-5-4-8-14(16)17-12-18-15-9-6-7-11-20(15)25(2)21(18)13-19(17)23/h4-13H,3H2,1-2H3/b24-23+. The third-order valence-electron chi connectivity index (χ3n) is 5.31. The summed E-state index contributed by atoms with van der Waals surface area (Å²) in [6, 6.07) is 20.9. The van der Waals surface area contributed by atoms with E-state index in [1.54, 1.807) is 6.92 Å². The Morgan fingerprint density at radius 1 is 0.889 bits per heavy atom. The number of carbonyl (C=O) groups is 1. The van der Waals surface area contributed by atoms with E-state index in [1.807, 2.05) is 18.2 Å². The molecule has 1 aromatic heterocycles. The highest BCUT2D eigenvalue weighted by molar-refractivity contribution is 6.27. The van der Waals surface area contributed by atoms with Crippen LogP contribution in [0.4, 0.5) is 0 Å². The van der Waals surface area contributed by atoms with Gasteiger partial charge in [-0.3, -0.25) is 0 Å². The SMILES string of the molecule is CCC(=O)O/N=C1\c2ccccc2-c2cc3c4ccccc4n(C)c3cc21. The monoisotopic (exact) mass is 354 g/mol. The lowest BCUT2D eigenvalue weighted by molar-refractivity contribution is -0.143. The molecule has 4 nitrogen and oxygen atoms in total. The van der Waals surface area contributed by atoms with Crippen LogP contribution in [0.15, 0.2) is 65.8 Å². The summed E-state index contributed by atoms with van der Waals surface area (Å²) in [5, 5.41) is 6.68. The van der Waals surface area contributed by atoms with Crippen molar-refractivity contribution in [1.29, 1.82) is 0 Å². The molecule has 4 aromatic rings. The second-order valence-electron chi connectivity index (χ2n) is 6.79. The number of carbonyl (C=O) groups excluding carboxylic acids is 1. The number of para-hydroxylation sites is 1. The summed E-state index contributed by atoms with van der Waals surface area (Å²) >= 11 is 0. The summed E-state index contributed by atoms with van der Waals surface area (Å²) in [4.78, 5) is 16.8. The first kappa shape index (κ1) is 15.8. The van der Waals surface area contributed by atoms with E-state index in [9.17, 15) is 4.79 Å². The van der Waals surface area contributed by atoms with Crippen LogP contribution in [-0.4, -0.2) is 16.2 Å². The highest BCUT2D eigenvalue weighted by Gasteiger charge is 2.27. The number of fused-ring (bicyclic) bond motifs is 6. The molecule has 4 heteroatoms. The predicted molar refractivity (Wildman–Crippen MR) is 108 cm³/mol. The average Bonchev–Trinajstić information content (AvgIpc) is 3.17. The number of rotatable bonds is 2. The van der Waals surface area contributed by atoms with Gasteiger partial charge in [-0.2, -0.15) is 0 Å². The van der Waals surface area contributed by atoms with Crippen molar-refractivity contribution in [3.05, 3.63) is 71.8 Å². The molecule has 0 saturated carbocycles. The topological polar surface area (TPSA) is 43.6 Å². The molecule has 0 spiro atoms. The first-order valence-corrected chi connectivity index (χ1v) is 9.08. The molecule has 27 heavy (non-hydrogen) atoms. The Bertz CT molecular complexity index is 1260. The maximum Gasteiger partial charge on any atom is 0.334 e. The first-order valence-electron chi connectivity index (χ1n) is 9.08. The van der Waals surface area contributed by atoms with Crippen molar-refractivity contribution in [1.82, 2.24) is 4.57 Å². The molecule has 0 amide bonds. The lowest BCUT2D eigenvalue weighted by Gasteiger charge is -2.04. The van der Waals surface area contributed by atoms with Crippen LogP contribution in [0.3, 0.4) is 0 Å². The average molecular weight is 354 g/mol. The molecular formula is C23H18N2O2. The van der Waals surface area contributed by atoms with E-state index in [1.165, 1.54) is 16.3 Å². The highest BCUT2D eigenvalue weighted by atomic mass is 16.7. The van der Waals surface area contributed by atoms with Gasteiger partial charge in [0.05, 0.1) is 0 Å². The smallest absolute Gasteiger partial charge is 0.334 e. The molecule has 1 aliphatic carbocycles. The summed E-state index contributed by atoms with van der Waals surface area (Å²) < 4.78 is 2.20. The van der Waals surface area contributed by atoms with E-state index in [2.05, 4.69) is 59.2 Å². The molecule has 0 saturated heterocycles. The van der Waals surface area contributed by atoms with Crippen molar-refractivity contribution in [3.8, 4) is 11.1 Å². The zero-order valence-electron chi connectivity index (χ0n) is 15.2. The molecule has 0 bridgehead atoms. The molecule has 0 atom stereocenters. The minimum Gasteiger partial charge on any atom is -0.344 e. The van der Waals surface area contributed by atoms with Crippen molar-refractivity contribution in [2.24, 2.45) is 12.2 Å². The Kier molecular flexibility index (Phi) is 3.41. The minimum absolute atomic E-state index is 0.299.